The summed E-state index contributed by atoms with van der Waals surface area (Å²) in [5, 5.41) is 21.4. The average molecular weight is 637 g/mol. The number of hydrogen-bond donors (Lipinski definition) is 0. The minimum Gasteiger partial charge on any atom is -0.308 e. The predicted octanol–water partition coefficient (Wildman–Crippen LogP) is 9.66. The average Bonchev–Trinajstić information content (AvgIpc) is 3.47. The van der Waals surface area contributed by atoms with Gasteiger partial charge in [-0.15, -0.1) is 0 Å². The van der Waals surface area contributed by atoms with Gasteiger partial charge < -0.3 is 4.57 Å². The lowest BCUT2D eigenvalue weighted by Crippen LogP contribution is -2.04. The van der Waals surface area contributed by atoms with Crippen LogP contribution >= 0.6 is 0 Å². The van der Waals surface area contributed by atoms with E-state index in [1.165, 1.54) is 18.2 Å². The van der Waals surface area contributed by atoms with E-state index in [1.54, 1.807) is 42.5 Å². The van der Waals surface area contributed by atoms with Crippen LogP contribution in [-0.4, -0.2) is 19.5 Å². The lowest BCUT2D eigenvalue weighted by Gasteiger charge is -2.17. The highest BCUT2D eigenvalue weighted by Crippen LogP contribution is 2.39. The summed E-state index contributed by atoms with van der Waals surface area (Å²) in [6.07, 6.45) is 0. The van der Waals surface area contributed by atoms with Crippen molar-refractivity contribution < 1.29 is 8.78 Å². The van der Waals surface area contributed by atoms with Crippen molar-refractivity contribution in [3.8, 4) is 63.1 Å². The topological polar surface area (TPSA) is 91.2 Å². The van der Waals surface area contributed by atoms with Gasteiger partial charge in [-0.2, -0.15) is 10.5 Å². The normalized spacial score (nSPS) is 11.0. The van der Waals surface area contributed by atoms with E-state index in [2.05, 4.69) is 12.1 Å². The van der Waals surface area contributed by atoms with Gasteiger partial charge in [0.1, 0.15) is 11.6 Å². The largest absolute Gasteiger partial charge is 0.308 e. The zero-order valence-electron chi connectivity index (χ0n) is 25.6. The Morgan fingerprint density at radius 1 is 0.490 bits per heavy atom. The van der Waals surface area contributed by atoms with Crippen molar-refractivity contribution in [2.24, 2.45) is 0 Å². The minimum atomic E-state index is -0.710. The summed E-state index contributed by atoms with van der Waals surface area (Å²) in [5.41, 5.74) is 4.96. The molecular formula is C41H22F2N6. The lowest BCUT2D eigenvalue weighted by molar-refractivity contribution is 0.589. The standard InChI is InChI=1S/C41H22F2N6/c42-33-12-7-13-34(43)38(33)29-16-19-35(49-36-20-25(23-44)14-17-30(36)31-18-15-26(24-45)21-37(31)49)32(22-29)41-47-39(27-8-3-1-4-9-27)46-40(48-41)28-10-5-2-6-11-28/h1-22H. The molecule has 0 aliphatic carbocycles. The number of hydrogen-bond acceptors (Lipinski definition) is 5. The van der Waals surface area contributed by atoms with Crippen LogP contribution in [0.4, 0.5) is 8.78 Å². The summed E-state index contributed by atoms with van der Waals surface area (Å²) in [5.74, 6) is -0.321. The van der Waals surface area contributed by atoms with E-state index in [-0.39, 0.29) is 17.0 Å². The molecule has 6 aromatic carbocycles. The van der Waals surface area contributed by atoms with Crippen molar-refractivity contribution in [2.75, 3.05) is 0 Å². The molecule has 8 heteroatoms. The van der Waals surface area contributed by atoms with E-state index in [0.717, 1.165) is 21.9 Å². The molecule has 8 aromatic rings. The Hall–Kier alpha value is -7.03. The highest BCUT2D eigenvalue weighted by Gasteiger charge is 2.22. The molecule has 0 radical (unpaired) electrons. The third-order valence-corrected chi connectivity index (χ3v) is 8.45. The Labute approximate surface area is 279 Å². The number of fused-ring (bicyclic) bond motifs is 3. The first-order chi connectivity index (χ1) is 24.0. The Kier molecular flexibility index (Phi) is 7.17. The first-order valence-corrected chi connectivity index (χ1v) is 15.4. The van der Waals surface area contributed by atoms with Gasteiger partial charge in [-0.05, 0) is 54.1 Å². The zero-order chi connectivity index (χ0) is 33.5. The van der Waals surface area contributed by atoms with Crippen LogP contribution in [0, 0.1) is 34.3 Å². The minimum absolute atomic E-state index is 0.184. The van der Waals surface area contributed by atoms with Crippen LogP contribution in [0.3, 0.4) is 0 Å². The van der Waals surface area contributed by atoms with Crippen LogP contribution < -0.4 is 0 Å². The van der Waals surface area contributed by atoms with Gasteiger partial charge in [-0.1, -0.05) is 84.9 Å². The molecule has 2 heterocycles. The van der Waals surface area contributed by atoms with Gasteiger partial charge in [0.25, 0.3) is 0 Å². The highest BCUT2D eigenvalue weighted by atomic mass is 19.1. The van der Waals surface area contributed by atoms with Gasteiger partial charge in [0.2, 0.25) is 0 Å². The molecule has 0 aliphatic rings. The Bertz CT molecular complexity index is 2500. The summed E-state index contributed by atoms with van der Waals surface area (Å²) in [7, 11) is 0. The number of halogens is 2. The van der Waals surface area contributed by atoms with E-state index < -0.39 is 11.6 Å². The molecule has 0 aliphatic heterocycles. The van der Waals surface area contributed by atoms with Crippen LogP contribution in [0.1, 0.15) is 11.1 Å². The fourth-order valence-corrected chi connectivity index (χ4v) is 6.19. The van der Waals surface area contributed by atoms with Crippen LogP contribution in [0.5, 0.6) is 0 Å². The van der Waals surface area contributed by atoms with E-state index >= 15 is 8.78 Å². The molecule has 0 fully saturated rings. The number of nitriles is 2. The molecule has 0 bridgehead atoms. The maximum atomic E-state index is 15.3. The maximum Gasteiger partial charge on any atom is 0.166 e. The van der Waals surface area contributed by atoms with Gasteiger partial charge in [-0.3, -0.25) is 0 Å². The van der Waals surface area contributed by atoms with Crippen molar-refractivity contribution in [1.29, 1.82) is 10.5 Å². The van der Waals surface area contributed by atoms with Crippen molar-refractivity contribution in [3.05, 3.63) is 156 Å². The summed E-state index contributed by atoms with van der Waals surface area (Å²) in [6, 6.07) is 43.1. The fraction of sp³-hybridized carbons (Fsp3) is 0. The molecule has 0 spiro atoms. The quantitative estimate of drug-likeness (QED) is 0.188. The Morgan fingerprint density at radius 2 is 1.00 bits per heavy atom. The zero-order valence-corrected chi connectivity index (χ0v) is 25.6. The molecular weight excluding hydrogens is 614 g/mol. The monoisotopic (exact) mass is 636 g/mol. The van der Waals surface area contributed by atoms with Crippen molar-refractivity contribution in [1.82, 2.24) is 19.5 Å². The predicted molar refractivity (Wildman–Crippen MR) is 185 cm³/mol. The number of benzene rings is 6. The third-order valence-electron chi connectivity index (χ3n) is 8.45. The summed E-state index contributed by atoms with van der Waals surface area (Å²) < 4.78 is 32.4. The SMILES string of the molecule is N#Cc1ccc2c3ccc(C#N)cc3n(-c3ccc(-c4c(F)cccc4F)cc3-c3nc(-c4ccccc4)nc(-c4ccccc4)n3)c2c1. The van der Waals surface area contributed by atoms with Gasteiger partial charge in [0.05, 0.1) is 45.5 Å². The van der Waals surface area contributed by atoms with Gasteiger partial charge in [0, 0.05) is 27.5 Å². The molecule has 6 nitrogen and oxygen atoms in total. The second-order valence-electron chi connectivity index (χ2n) is 11.4. The molecule has 230 valence electrons. The number of nitrogens with zero attached hydrogens (tertiary/aromatic N) is 6. The van der Waals surface area contributed by atoms with Crippen LogP contribution in [0.25, 0.3) is 72.8 Å². The molecule has 0 amide bonds. The van der Waals surface area contributed by atoms with E-state index in [1.807, 2.05) is 77.4 Å². The Morgan fingerprint density at radius 3 is 1.51 bits per heavy atom. The van der Waals surface area contributed by atoms with Crippen LogP contribution in [0.2, 0.25) is 0 Å². The van der Waals surface area contributed by atoms with Gasteiger partial charge in [0.15, 0.2) is 17.5 Å². The summed E-state index contributed by atoms with van der Waals surface area (Å²) >= 11 is 0. The number of aromatic nitrogens is 4. The molecule has 0 saturated heterocycles. The molecule has 49 heavy (non-hydrogen) atoms. The molecule has 8 rings (SSSR count). The van der Waals surface area contributed by atoms with Crippen molar-refractivity contribution in [2.45, 2.75) is 0 Å². The van der Waals surface area contributed by atoms with E-state index in [4.69, 9.17) is 15.0 Å². The Balaban J connectivity index is 1.50. The lowest BCUT2D eigenvalue weighted by atomic mass is 9.99. The fourth-order valence-electron chi connectivity index (χ4n) is 6.19. The highest BCUT2D eigenvalue weighted by molar-refractivity contribution is 6.10. The summed E-state index contributed by atoms with van der Waals surface area (Å²) in [4.78, 5) is 14.7. The molecule has 0 atom stereocenters. The van der Waals surface area contributed by atoms with E-state index in [0.29, 0.717) is 45.1 Å². The summed E-state index contributed by atoms with van der Waals surface area (Å²) in [6.45, 7) is 0. The number of rotatable bonds is 5. The smallest absolute Gasteiger partial charge is 0.166 e. The van der Waals surface area contributed by atoms with E-state index in [9.17, 15) is 10.5 Å². The second-order valence-corrected chi connectivity index (χ2v) is 11.4. The second kappa shape index (κ2) is 12.0. The molecule has 2 aromatic heterocycles. The van der Waals surface area contributed by atoms with Crippen molar-refractivity contribution in [3.63, 3.8) is 0 Å². The first kappa shape index (κ1) is 29.4. The molecule has 0 unspecified atom stereocenters. The van der Waals surface area contributed by atoms with Gasteiger partial charge >= 0.3 is 0 Å². The molecule has 0 N–H and O–H groups in total. The third kappa shape index (κ3) is 5.14. The first-order valence-electron chi connectivity index (χ1n) is 15.4. The van der Waals surface area contributed by atoms with Crippen LogP contribution in [-0.2, 0) is 0 Å². The van der Waals surface area contributed by atoms with Crippen LogP contribution in [0.15, 0.2) is 133 Å². The van der Waals surface area contributed by atoms with Gasteiger partial charge in [-0.25, -0.2) is 23.7 Å². The maximum absolute atomic E-state index is 15.3. The van der Waals surface area contributed by atoms with Crippen molar-refractivity contribution >= 4 is 21.8 Å². The molecule has 0 saturated carbocycles.